The zero-order chi connectivity index (χ0) is 13.4. The van der Waals surface area contributed by atoms with Gasteiger partial charge in [-0.1, -0.05) is 18.2 Å². The fourth-order valence-electron chi connectivity index (χ4n) is 1.77. The van der Waals surface area contributed by atoms with Crippen molar-refractivity contribution in [1.82, 2.24) is 5.32 Å². The Hall–Kier alpha value is -1.60. The van der Waals surface area contributed by atoms with E-state index in [9.17, 15) is 8.78 Å². The average Bonchev–Trinajstić information content (AvgIpc) is 2.35. The van der Waals surface area contributed by atoms with Gasteiger partial charge in [-0.15, -0.1) is 11.8 Å². The highest BCUT2D eigenvalue weighted by molar-refractivity contribution is 5.36. The second kappa shape index (κ2) is 7.67. The minimum Gasteiger partial charge on any atom is -0.434 e. The Labute approximate surface area is 106 Å². The van der Waals surface area contributed by atoms with Crippen molar-refractivity contribution in [3.05, 3.63) is 29.8 Å². The maximum Gasteiger partial charge on any atom is 0.387 e. The van der Waals surface area contributed by atoms with Crippen molar-refractivity contribution in [2.45, 2.75) is 32.4 Å². The van der Waals surface area contributed by atoms with Crippen LogP contribution in [0, 0.1) is 11.8 Å². The average molecular weight is 253 g/mol. The maximum atomic E-state index is 12.3. The van der Waals surface area contributed by atoms with Gasteiger partial charge in [0.05, 0.1) is 0 Å². The van der Waals surface area contributed by atoms with Crippen LogP contribution < -0.4 is 10.1 Å². The molecule has 0 aliphatic rings. The third kappa shape index (κ3) is 4.34. The van der Waals surface area contributed by atoms with Crippen LogP contribution in [0.1, 0.15) is 31.4 Å². The molecule has 0 saturated carbocycles. The summed E-state index contributed by atoms with van der Waals surface area (Å²) in [6.07, 6.45) is 1.46. The molecule has 0 amide bonds. The molecule has 0 heterocycles. The number of alkyl halides is 2. The van der Waals surface area contributed by atoms with E-state index in [1.54, 1.807) is 32.2 Å². The fourth-order valence-corrected chi connectivity index (χ4v) is 1.77. The summed E-state index contributed by atoms with van der Waals surface area (Å²) < 4.78 is 29.1. The van der Waals surface area contributed by atoms with Crippen LogP contribution in [-0.2, 0) is 0 Å². The lowest BCUT2D eigenvalue weighted by molar-refractivity contribution is -0.0507. The molecular formula is C14H17F2NO. The molecule has 18 heavy (non-hydrogen) atoms. The van der Waals surface area contributed by atoms with Gasteiger partial charge in [0.15, 0.2) is 0 Å². The molecule has 4 heteroatoms. The summed E-state index contributed by atoms with van der Waals surface area (Å²) in [6.45, 7) is -1.03. The number of para-hydroxylation sites is 1. The van der Waals surface area contributed by atoms with Gasteiger partial charge >= 0.3 is 6.61 Å². The number of rotatable bonds is 6. The molecule has 0 saturated heterocycles. The molecule has 0 spiro atoms. The monoisotopic (exact) mass is 253 g/mol. The fraction of sp³-hybridized carbons (Fsp3) is 0.429. The van der Waals surface area contributed by atoms with Gasteiger partial charge in [-0.25, -0.2) is 0 Å². The van der Waals surface area contributed by atoms with Crippen LogP contribution in [0.3, 0.4) is 0 Å². The molecule has 0 fully saturated rings. The lowest BCUT2D eigenvalue weighted by Crippen LogP contribution is -2.18. The Morgan fingerprint density at radius 2 is 2.06 bits per heavy atom. The topological polar surface area (TPSA) is 21.3 Å². The van der Waals surface area contributed by atoms with Gasteiger partial charge in [-0.3, -0.25) is 0 Å². The normalized spacial score (nSPS) is 11.8. The molecule has 98 valence electrons. The molecule has 0 radical (unpaired) electrons. The van der Waals surface area contributed by atoms with Gasteiger partial charge in [0.25, 0.3) is 0 Å². The maximum absolute atomic E-state index is 12.3. The van der Waals surface area contributed by atoms with E-state index in [1.165, 1.54) is 0 Å². The summed E-state index contributed by atoms with van der Waals surface area (Å²) in [5.41, 5.74) is 0.734. The number of hydrogen-bond donors (Lipinski definition) is 1. The van der Waals surface area contributed by atoms with Crippen molar-refractivity contribution in [2.24, 2.45) is 0 Å². The first kappa shape index (κ1) is 14.5. The summed E-state index contributed by atoms with van der Waals surface area (Å²) >= 11 is 0. The lowest BCUT2D eigenvalue weighted by atomic mass is 10.0. The second-order valence-corrected chi connectivity index (χ2v) is 3.72. The van der Waals surface area contributed by atoms with Crippen LogP contribution >= 0.6 is 0 Å². The van der Waals surface area contributed by atoms with Gasteiger partial charge in [0, 0.05) is 18.0 Å². The molecule has 1 aromatic rings. The Bertz CT molecular complexity index is 423. The number of hydrogen-bond acceptors (Lipinski definition) is 2. The quantitative estimate of drug-likeness (QED) is 0.785. The summed E-state index contributed by atoms with van der Waals surface area (Å²) in [7, 11) is 1.79. The van der Waals surface area contributed by atoms with Crippen molar-refractivity contribution >= 4 is 0 Å². The number of benzene rings is 1. The summed E-state index contributed by atoms with van der Waals surface area (Å²) in [5, 5.41) is 3.10. The molecular weight excluding hydrogens is 236 g/mol. The smallest absolute Gasteiger partial charge is 0.387 e. The standard InChI is InChI=1S/C14H17F2NO/c1-3-4-5-9-12(17-2)11-8-6-7-10-13(11)18-14(15)16/h6-8,10,12,14,17H,5,9H2,1-2H3. The van der Waals surface area contributed by atoms with Crippen LogP contribution in [0.2, 0.25) is 0 Å². The first-order valence-corrected chi connectivity index (χ1v) is 5.79. The van der Waals surface area contributed by atoms with E-state index in [2.05, 4.69) is 21.9 Å². The van der Waals surface area contributed by atoms with E-state index in [-0.39, 0.29) is 11.8 Å². The van der Waals surface area contributed by atoms with E-state index in [0.29, 0.717) is 6.42 Å². The van der Waals surface area contributed by atoms with Gasteiger partial charge in [0.2, 0.25) is 0 Å². The van der Waals surface area contributed by atoms with Crippen LogP contribution in [0.25, 0.3) is 0 Å². The molecule has 1 aromatic carbocycles. The van der Waals surface area contributed by atoms with Gasteiger partial charge < -0.3 is 10.1 Å². The van der Waals surface area contributed by atoms with Gasteiger partial charge in [-0.05, 0) is 26.5 Å². The van der Waals surface area contributed by atoms with Crippen LogP contribution in [0.5, 0.6) is 5.75 Å². The van der Waals surface area contributed by atoms with Crippen LogP contribution in [0.4, 0.5) is 8.78 Å². The van der Waals surface area contributed by atoms with Gasteiger partial charge in [-0.2, -0.15) is 8.78 Å². The predicted molar refractivity (Wildman–Crippen MR) is 67.6 cm³/mol. The predicted octanol–water partition coefficient (Wildman–Crippen LogP) is 3.35. The molecule has 0 aliphatic heterocycles. The third-order valence-electron chi connectivity index (χ3n) is 2.59. The first-order valence-electron chi connectivity index (χ1n) is 5.79. The zero-order valence-electron chi connectivity index (χ0n) is 10.5. The van der Waals surface area contributed by atoms with Crippen molar-refractivity contribution in [3.8, 4) is 17.6 Å². The molecule has 1 N–H and O–H groups in total. The molecule has 1 rings (SSSR count). The Balaban J connectivity index is 2.85. The summed E-state index contributed by atoms with van der Waals surface area (Å²) in [5.74, 6) is 6.00. The molecule has 2 nitrogen and oxygen atoms in total. The highest BCUT2D eigenvalue weighted by Crippen LogP contribution is 2.28. The van der Waals surface area contributed by atoms with Crippen molar-refractivity contribution < 1.29 is 13.5 Å². The number of nitrogens with one attached hydrogen (secondary N) is 1. The summed E-state index contributed by atoms with van der Waals surface area (Å²) in [4.78, 5) is 0. The molecule has 0 aromatic heterocycles. The van der Waals surface area contributed by atoms with E-state index in [0.717, 1.165) is 12.0 Å². The van der Waals surface area contributed by atoms with Crippen molar-refractivity contribution in [2.75, 3.05) is 7.05 Å². The SMILES string of the molecule is CC#CCCC(NC)c1ccccc1OC(F)F. The van der Waals surface area contributed by atoms with E-state index >= 15 is 0 Å². The zero-order valence-corrected chi connectivity index (χ0v) is 10.5. The van der Waals surface area contributed by atoms with E-state index in [4.69, 9.17) is 0 Å². The minimum atomic E-state index is -2.81. The highest BCUT2D eigenvalue weighted by Gasteiger charge is 2.16. The largest absolute Gasteiger partial charge is 0.434 e. The molecule has 1 atom stereocenters. The van der Waals surface area contributed by atoms with Gasteiger partial charge in [0.1, 0.15) is 5.75 Å². The third-order valence-corrected chi connectivity index (χ3v) is 2.59. The van der Waals surface area contributed by atoms with E-state index < -0.39 is 6.61 Å². The molecule has 0 aliphatic carbocycles. The molecule has 0 bridgehead atoms. The van der Waals surface area contributed by atoms with Crippen molar-refractivity contribution in [3.63, 3.8) is 0 Å². The Morgan fingerprint density at radius 1 is 1.33 bits per heavy atom. The van der Waals surface area contributed by atoms with Crippen LogP contribution in [0.15, 0.2) is 24.3 Å². The lowest BCUT2D eigenvalue weighted by Gasteiger charge is -2.19. The number of ether oxygens (including phenoxy) is 1. The Kier molecular flexibility index (Phi) is 6.16. The van der Waals surface area contributed by atoms with Crippen molar-refractivity contribution in [1.29, 1.82) is 0 Å². The first-order chi connectivity index (χ1) is 8.69. The van der Waals surface area contributed by atoms with Crippen LogP contribution in [-0.4, -0.2) is 13.7 Å². The minimum absolute atomic E-state index is 0.0409. The molecule has 1 unspecified atom stereocenters. The van der Waals surface area contributed by atoms with E-state index in [1.807, 2.05) is 6.07 Å². The second-order valence-electron chi connectivity index (χ2n) is 3.72. The highest BCUT2D eigenvalue weighted by atomic mass is 19.3. The number of halogens is 2. The Morgan fingerprint density at radius 3 is 2.67 bits per heavy atom. The summed E-state index contributed by atoms with van der Waals surface area (Å²) in [6, 6.07) is 6.79.